The second kappa shape index (κ2) is 7.35. The van der Waals surface area contributed by atoms with E-state index in [-0.39, 0.29) is 11.4 Å². The second-order valence-corrected chi connectivity index (χ2v) is 5.78. The topological polar surface area (TPSA) is 67.4 Å². The Morgan fingerprint density at radius 2 is 1.81 bits per heavy atom. The Morgan fingerprint density at radius 3 is 2.54 bits per heavy atom. The fourth-order valence-corrected chi connectivity index (χ4v) is 2.59. The molecular formula is C19H16F2N2O3. The summed E-state index contributed by atoms with van der Waals surface area (Å²) in [5.74, 6) is -2.11. The number of ether oxygens (including phenoxy) is 1. The maximum absolute atomic E-state index is 13.8. The molecule has 0 atom stereocenters. The highest BCUT2D eigenvalue weighted by Gasteiger charge is 2.13. The number of fused-ring (bicyclic) bond motifs is 1. The molecule has 1 heterocycles. The third-order valence-electron chi connectivity index (χ3n) is 3.77. The van der Waals surface area contributed by atoms with Crippen molar-refractivity contribution in [2.75, 3.05) is 17.2 Å². The molecule has 26 heavy (non-hydrogen) atoms. The first-order valence-corrected chi connectivity index (χ1v) is 7.94. The highest BCUT2D eigenvalue weighted by atomic mass is 19.1. The molecule has 3 rings (SSSR count). The maximum atomic E-state index is 13.8. The van der Waals surface area contributed by atoms with Crippen LogP contribution in [0.1, 0.15) is 18.1 Å². The van der Waals surface area contributed by atoms with Gasteiger partial charge in [-0.2, -0.15) is 0 Å². The van der Waals surface area contributed by atoms with Crippen molar-refractivity contribution in [1.29, 1.82) is 0 Å². The van der Waals surface area contributed by atoms with E-state index in [4.69, 9.17) is 4.74 Å². The molecule has 0 aromatic heterocycles. The third kappa shape index (κ3) is 4.05. The molecule has 2 N–H and O–H groups in total. The Morgan fingerprint density at radius 1 is 1.08 bits per heavy atom. The Hall–Kier alpha value is -3.22. The first-order valence-electron chi connectivity index (χ1n) is 7.94. The molecular weight excluding hydrogens is 342 g/mol. The van der Waals surface area contributed by atoms with Crippen molar-refractivity contribution in [3.05, 3.63) is 59.2 Å². The van der Waals surface area contributed by atoms with Gasteiger partial charge in [-0.3, -0.25) is 9.59 Å². The monoisotopic (exact) mass is 358 g/mol. The summed E-state index contributed by atoms with van der Waals surface area (Å²) >= 11 is 0. The van der Waals surface area contributed by atoms with Crippen molar-refractivity contribution in [1.82, 2.24) is 0 Å². The van der Waals surface area contributed by atoms with Crippen molar-refractivity contribution < 1.29 is 23.1 Å². The van der Waals surface area contributed by atoms with Gasteiger partial charge in [-0.15, -0.1) is 0 Å². The van der Waals surface area contributed by atoms with Crippen molar-refractivity contribution in [2.45, 2.75) is 13.3 Å². The lowest BCUT2D eigenvalue weighted by Gasteiger charge is -2.09. The minimum Gasteiger partial charge on any atom is -0.493 e. The van der Waals surface area contributed by atoms with E-state index in [1.807, 2.05) is 12.1 Å². The van der Waals surface area contributed by atoms with Gasteiger partial charge in [-0.05, 0) is 35.4 Å². The summed E-state index contributed by atoms with van der Waals surface area (Å²) in [4.78, 5) is 23.1. The number of carbonyl (C=O) groups is 2. The molecule has 1 aliphatic rings. The minimum atomic E-state index is -0.937. The number of anilines is 2. The molecule has 2 aromatic carbocycles. The molecule has 134 valence electrons. The average Bonchev–Trinajstić information content (AvgIpc) is 3.04. The van der Waals surface area contributed by atoms with Crippen molar-refractivity contribution >= 4 is 29.3 Å². The average molecular weight is 358 g/mol. The van der Waals surface area contributed by atoms with Gasteiger partial charge >= 0.3 is 0 Å². The predicted molar refractivity (Wildman–Crippen MR) is 94.0 cm³/mol. The maximum Gasteiger partial charge on any atom is 0.248 e. The summed E-state index contributed by atoms with van der Waals surface area (Å²) < 4.78 is 32.9. The number of rotatable bonds is 4. The van der Waals surface area contributed by atoms with E-state index < -0.39 is 23.4 Å². The highest BCUT2D eigenvalue weighted by Crippen LogP contribution is 2.26. The Labute approximate surface area is 148 Å². The van der Waals surface area contributed by atoms with Crippen LogP contribution in [0, 0.1) is 11.6 Å². The molecule has 2 amide bonds. The molecule has 0 saturated carbocycles. The van der Waals surface area contributed by atoms with E-state index in [0.29, 0.717) is 12.7 Å². The van der Waals surface area contributed by atoms with Gasteiger partial charge in [0, 0.05) is 25.5 Å². The Kier molecular flexibility index (Phi) is 4.97. The molecule has 5 nitrogen and oxygen atoms in total. The van der Waals surface area contributed by atoms with Crippen LogP contribution < -0.4 is 15.4 Å². The quantitative estimate of drug-likeness (QED) is 0.822. The molecule has 0 fully saturated rings. The SMILES string of the molecule is CC(=O)Nc1cc(NC(=O)/C=C/c2ccc3c(c2)CCO3)c(F)cc1F. The van der Waals surface area contributed by atoms with E-state index in [2.05, 4.69) is 10.6 Å². The van der Waals surface area contributed by atoms with Crippen molar-refractivity contribution in [3.63, 3.8) is 0 Å². The van der Waals surface area contributed by atoms with Crippen LogP contribution in [-0.4, -0.2) is 18.4 Å². The van der Waals surface area contributed by atoms with Gasteiger partial charge in [0.1, 0.15) is 17.4 Å². The molecule has 0 aliphatic carbocycles. The number of carbonyl (C=O) groups excluding carboxylic acids is 2. The van der Waals surface area contributed by atoms with E-state index in [9.17, 15) is 18.4 Å². The number of nitrogens with one attached hydrogen (secondary N) is 2. The van der Waals surface area contributed by atoms with Gasteiger partial charge in [-0.25, -0.2) is 8.78 Å². The van der Waals surface area contributed by atoms with Crippen LogP contribution in [-0.2, 0) is 16.0 Å². The summed E-state index contributed by atoms with van der Waals surface area (Å²) in [6, 6.07) is 7.19. The largest absolute Gasteiger partial charge is 0.493 e. The predicted octanol–water partition coefficient (Wildman–Crippen LogP) is 3.51. The summed E-state index contributed by atoms with van der Waals surface area (Å²) in [6.45, 7) is 1.84. The Bertz CT molecular complexity index is 910. The fourth-order valence-electron chi connectivity index (χ4n) is 2.59. The van der Waals surface area contributed by atoms with Crippen LogP contribution in [0.25, 0.3) is 6.08 Å². The first-order chi connectivity index (χ1) is 12.4. The van der Waals surface area contributed by atoms with Crippen LogP contribution >= 0.6 is 0 Å². The van der Waals surface area contributed by atoms with Crippen LogP contribution in [0.4, 0.5) is 20.2 Å². The smallest absolute Gasteiger partial charge is 0.248 e. The number of halogens is 2. The van der Waals surface area contributed by atoms with Crippen LogP contribution in [0.15, 0.2) is 36.4 Å². The summed E-state index contributed by atoms with van der Waals surface area (Å²) in [7, 11) is 0. The van der Waals surface area contributed by atoms with Crippen LogP contribution in [0.2, 0.25) is 0 Å². The van der Waals surface area contributed by atoms with Gasteiger partial charge < -0.3 is 15.4 Å². The molecule has 2 aromatic rings. The number of benzene rings is 2. The number of amides is 2. The summed E-state index contributed by atoms with van der Waals surface area (Å²) in [6.07, 6.45) is 3.65. The van der Waals surface area contributed by atoms with Crippen molar-refractivity contribution in [3.8, 4) is 5.75 Å². The second-order valence-electron chi connectivity index (χ2n) is 5.78. The summed E-state index contributed by atoms with van der Waals surface area (Å²) in [5, 5.41) is 4.56. The fraction of sp³-hybridized carbons (Fsp3) is 0.158. The van der Waals surface area contributed by atoms with Crippen molar-refractivity contribution in [2.24, 2.45) is 0 Å². The zero-order valence-electron chi connectivity index (χ0n) is 13.9. The zero-order chi connectivity index (χ0) is 18.7. The molecule has 0 unspecified atom stereocenters. The molecule has 0 bridgehead atoms. The van der Waals surface area contributed by atoms with Crippen LogP contribution in [0.5, 0.6) is 5.75 Å². The van der Waals surface area contributed by atoms with Gasteiger partial charge in [-0.1, -0.05) is 6.07 Å². The molecule has 0 radical (unpaired) electrons. The van der Waals surface area contributed by atoms with Gasteiger partial charge in [0.05, 0.1) is 18.0 Å². The third-order valence-corrected chi connectivity index (χ3v) is 3.77. The van der Waals surface area contributed by atoms with Gasteiger partial charge in [0.25, 0.3) is 0 Å². The summed E-state index contributed by atoms with van der Waals surface area (Å²) in [5.41, 5.74) is 1.43. The molecule has 0 spiro atoms. The van der Waals surface area contributed by atoms with E-state index in [1.54, 1.807) is 12.1 Å². The number of hydrogen-bond donors (Lipinski definition) is 2. The van der Waals surface area contributed by atoms with E-state index >= 15 is 0 Å². The lowest BCUT2D eigenvalue weighted by atomic mass is 10.1. The van der Waals surface area contributed by atoms with Crippen LogP contribution in [0.3, 0.4) is 0 Å². The number of hydrogen-bond acceptors (Lipinski definition) is 3. The zero-order valence-corrected chi connectivity index (χ0v) is 13.9. The minimum absolute atomic E-state index is 0.211. The normalized spacial score (nSPS) is 12.6. The van der Waals surface area contributed by atoms with E-state index in [0.717, 1.165) is 29.4 Å². The standard InChI is InChI=1S/C19H16F2N2O3/c1-11(24)22-16-10-17(15(21)9-14(16)20)23-19(25)5-3-12-2-4-18-13(8-12)6-7-26-18/h2-5,8-10H,6-7H2,1H3,(H,22,24)(H,23,25)/b5-3+. The van der Waals surface area contributed by atoms with E-state index in [1.165, 1.54) is 13.0 Å². The lowest BCUT2D eigenvalue weighted by molar-refractivity contribution is -0.114. The lowest BCUT2D eigenvalue weighted by Crippen LogP contribution is -2.12. The molecule has 1 aliphatic heterocycles. The Balaban J connectivity index is 1.72. The highest BCUT2D eigenvalue weighted by molar-refractivity contribution is 6.02. The van der Waals surface area contributed by atoms with Gasteiger partial charge in [0.15, 0.2) is 0 Å². The molecule has 7 heteroatoms. The molecule has 0 saturated heterocycles. The first kappa shape index (κ1) is 17.6. The van der Waals surface area contributed by atoms with Gasteiger partial charge in [0.2, 0.25) is 11.8 Å².